The maximum Gasteiger partial charge on any atom is 0.416 e. The highest BCUT2D eigenvalue weighted by Gasteiger charge is 2.40. The number of nitrogens with one attached hydrogen (secondary N) is 1. The lowest BCUT2D eigenvalue weighted by Crippen LogP contribution is -2.21. The van der Waals surface area contributed by atoms with E-state index in [1.165, 1.54) is 31.3 Å². The first-order chi connectivity index (χ1) is 14.0. The summed E-state index contributed by atoms with van der Waals surface area (Å²) in [6, 6.07) is 5.86. The predicted octanol–water partition coefficient (Wildman–Crippen LogP) is 4.04. The van der Waals surface area contributed by atoms with Gasteiger partial charge >= 0.3 is 12.1 Å². The number of H-pyrrole nitrogens is 1. The van der Waals surface area contributed by atoms with Crippen LogP contribution in [0.2, 0.25) is 0 Å². The van der Waals surface area contributed by atoms with Crippen LogP contribution in [0.1, 0.15) is 40.1 Å². The molecule has 1 unspecified atom stereocenters. The number of hydrogen-bond donors (Lipinski definition) is 2. The first-order valence-corrected chi connectivity index (χ1v) is 10.7. The Morgan fingerprint density at radius 2 is 1.87 bits per heavy atom. The minimum Gasteiger partial charge on any atom is -0.481 e. The van der Waals surface area contributed by atoms with Crippen molar-refractivity contribution in [3.63, 3.8) is 0 Å². The van der Waals surface area contributed by atoms with Crippen molar-refractivity contribution in [2.45, 2.75) is 31.7 Å². The molecule has 1 aromatic carbocycles. The lowest BCUT2D eigenvalue weighted by Gasteiger charge is -2.23. The van der Waals surface area contributed by atoms with Crippen LogP contribution < -0.4 is 0 Å². The molecule has 2 aromatic heterocycles. The zero-order valence-corrected chi connectivity index (χ0v) is 16.9. The standard InChI is InChI=1S/C20H19F3N2O4S/c1-3-30(28,29)18(12-6-4-5-7-15(12)20(21,22)23)13-8-9-24-19-17(13)14(10-16(26)27)11(2)25-19/h4-9,18H,3,10H2,1-2H3,(H,24,25)(H,26,27). The summed E-state index contributed by atoms with van der Waals surface area (Å²) in [6.07, 6.45) is -3.89. The van der Waals surface area contributed by atoms with E-state index >= 15 is 0 Å². The summed E-state index contributed by atoms with van der Waals surface area (Å²) in [5.74, 6) is -1.55. The molecule has 0 bridgehead atoms. The zero-order valence-electron chi connectivity index (χ0n) is 16.1. The van der Waals surface area contributed by atoms with Crippen LogP contribution >= 0.6 is 0 Å². The van der Waals surface area contributed by atoms with E-state index in [0.717, 1.165) is 12.1 Å². The molecule has 3 rings (SSSR count). The molecule has 0 spiro atoms. The van der Waals surface area contributed by atoms with Gasteiger partial charge in [-0.3, -0.25) is 4.79 Å². The zero-order chi connectivity index (χ0) is 22.3. The number of hydrogen-bond acceptors (Lipinski definition) is 4. The molecule has 0 radical (unpaired) electrons. The first kappa shape index (κ1) is 21.8. The van der Waals surface area contributed by atoms with E-state index < -0.39 is 50.5 Å². The van der Waals surface area contributed by atoms with E-state index in [0.29, 0.717) is 11.3 Å². The Balaban J connectivity index is 2.42. The van der Waals surface area contributed by atoms with Crippen LogP contribution in [-0.4, -0.2) is 35.2 Å². The van der Waals surface area contributed by atoms with E-state index in [-0.39, 0.29) is 16.6 Å². The quantitative estimate of drug-likeness (QED) is 0.603. The van der Waals surface area contributed by atoms with Gasteiger partial charge in [-0.2, -0.15) is 13.2 Å². The molecule has 0 aliphatic rings. The van der Waals surface area contributed by atoms with Gasteiger partial charge in [0.1, 0.15) is 10.9 Å². The van der Waals surface area contributed by atoms with Crippen molar-refractivity contribution in [1.29, 1.82) is 0 Å². The molecule has 30 heavy (non-hydrogen) atoms. The predicted molar refractivity (Wildman–Crippen MR) is 105 cm³/mol. The molecule has 3 aromatic rings. The number of benzene rings is 1. The largest absolute Gasteiger partial charge is 0.481 e. The number of rotatable bonds is 6. The molecule has 160 valence electrons. The number of halogens is 3. The number of fused-ring (bicyclic) bond motifs is 1. The molecule has 0 aliphatic carbocycles. The second kappa shape index (κ2) is 7.75. The normalized spacial score (nSPS) is 13.5. The number of aliphatic carboxylic acids is 1. The maximum absolute atomic E-state index is 13.7. The number of carbonyl (C=O) groups is 1. The van der Waals surface area contributed by atoms with E-state index in [4.69, 9.17) is 0 Å². The number of carboxylic acids is 1. The summed E-state index contributed by atoms with van der Waals surface area (Å²) in [5, 5.41) is 7.86. The van der Waals surface area contributed by atoms with Crippen LogP contribution in [0.4, 0.5) is 13.2 Å². The molecular weight excluding hydrogens is 421 g/mol. The molecule has 0 amide bonds. The van der Waals surface area contributed by atoms with Gasteiger partial charge in [0.2, 0.25) is 0 Å². The van der Waals surface area contributed by atoms with Crippen molar-refractivity contribution >= 4 is 26.8 Å². The highest BCUT2D eigenvalue weighted by Crippen LogP contribution is 2.42. The third-order valence-corrected chi connectivity index (χ3v) is 7.00. The van der Waals surface area contributed by atoms with E-state index in [9.17, 15) is 31.5 Å². The number of aryl methyl sites for hydroxylation is 1. The Kier molecular flexibility index (Phi) is 5.64. The fraction of sp³-hybridized carbons (Fsp3) is 0.300. The molecule has 0 saturated carbocycles. The van der Waals surface area contributed by atoms with Gasteiger partial charge in [0.25, 0.3) is 0 Å². The number of nitrogens with zero attached hydrogens (tertiary/aromatic N) is 1. The molecule has 0 saturated heterocycles. The molecule has 0 aliphatic heterocycles. The third-order valence-electron chi connectivity index (χ3n) is 4.96. The first-order valence-electron chi connectivity index (χ1n) is 9.03. The molecule has 2 heterocycles. The van der Waals surface area contributed by atoms with E-state index in [1.54, 1.807) is 6.92 Å². The lowest BCUT2D eigenvalue weighted by molar-refractivity contribution is -0.138. The summed E-state index contributed by atoms with van der Waals surface area (Å²) >= 11 is 0. The van der Waals surface area contributed by atoms with Crippen LogP contribution in [0.25, 0.3) is 11.0 Å². The number of aromatic amines is 1. The van der Waals surface area contributed by atoms with Gasteiger partial charge < -0.3 is 10.1 Å². The summed E-state index contributed by atoms with van der Waals surface area (Å²) in [7, 11) is -4.07. The molecule has 6 nitrogen and oxygen atoms in total. The van der Waals surface area contributed by atoms with Gasteiger partial charge in [-0.1, -0.05) is 25.1 Å². The van der Waals surface area contributed by atoms with Crippen molar-refractivity contribution in [2.24, 2.45) is 0 Å². The van der Waals surface area contributed by atoms with Crippen LogP contribution in [-0.2, 0) is 27.2 Å². The van der Waals surface area contributed by atoms with Crippen molar-refractivity contribution in [2.75, 3.05) is 5.75 Å². The van der Waals surface area contributed by atoms with Crippen molar-refractivity contribution in [3.8, 4) is 0 Å². The summed E-state index contributed by atoms with van der Waals surface area (Å²) in [6.45, 7) is 2.97. The maximum atomic E-state index is 13.7. The minimum atomic E-state index is -4.76. The average molecular weight is 440 g/mol. The Morgan fingerprint density at radius 3 is 2.47 bits per heavy atom. The number of carboxylic acid groups (broad SMARTS) is 1. The smallest absolute Gasteiger partial charge is 0.416 e. The highest BCUT2D eigenvalue weighted by molar-refractivity contribution is 7.91. The second-order valence-corrected chi connectivity index (χ2v) is 9.21. The fourth-order valence-electron chi connectivity index (χ4n) is 3.62. The van der Waals surface area contributed by atoms with Crippen molar-refractivity contribution < 1.29 is 31.5 Å². The van der Waals surface area contributed by atoms with Crippen LogP contribution in [0.5, 0.6) is 0 Å². The van der Waals surface area contributed by atoms with E-state index in [2.05, 4.69) is 9.97 Å². The average Bonchev–Trinajstić information content (AvgIpc) is 2.97. The number of sulfone groups is 1. The number of alkyl halides is 3. The third kappa shape index (κ3) is 3.91. The SMILES string of the molecule is CCS(=O)(=O)C(c1ccccc1C(F)(F)F)c1ccnc2[nH]c(C)c(CC(=O)O)c12. The van der Waals surface area contributed by atoms with Crippen molar-refractivity contribution in [1.82, 2.24) is 9.97 Å². The van der Waals surface area contributed by atoms with Gasteiger partial charge in [0.15, 0.2) is 9.84 Å². The van der Waals surface area contributed by atoms with Gasteiger partial charge in [-0.25, -0.2) is 13.4 Å². The van der Waals surface area contributed by atoms with Gasteiger partial charge in [0.05, 0.1) is 12.0 Å². The summed E-state index contributed by atoms with van der Waals surface area (Å²) in [5.41, 5.74) is -0.407. The van der Waals surface area contributed by atoms with Crippen LogP contribution in [0, 0.1) is 6.92 Å². The van der Waals surface area contributed by atoms with Crippen LogP contribution in [0.3, 0.4) is 0 Å². The minimum absolute atomic E-state index is 0.0687. The lowest BCUT2D eigenvalue weighted by atomic mass is 9.95. The molecule has 10 heteroatoms. The van der Waals surface area contributed by atoms with Crippen molar-refractivity contribution in [3.05, 3.63) is 64.5 Å². The fourth-order valence-corrected chi connectivity index (χ4v) is 5.13. The van der Waals surface area contributed by atoms with Gasteiger partial charge in [0, 0.05) is 23.0 Å². The monoisotopic (exact) mass is 440 g/mol. The number of pyridine rings is 1. The molecule has 1 atom stereocenters. The highest BCUT2D eigenvalue weighted by atomic mass is 32.2. The molecule has 2 N–H and O–H groups in total. The molecular formula is C20H19F3N2O4S. The Labute approximate surface area is 170 Å². The van der Waals surface area contributed by atoms with E-state index in [1.807, 2.05) is 0 Å². The second-order valence-electron chi connectivity index (χ2n) is 6.84. The number of aromatic nitrogens is 2. The van der Waals surface area contributed by atoms with Crippen LogP contribution in [0.15, 0.2) is 36.5 Å². The Bertz CT molecular complexity index is 1220. The Hall–Kier alpha value is -2.88. The Morgan fingerprint density at radius 1 is 1.20 bits per heavy atom. The summed E-state index contributed by atoms with van der Waals surface area (Å²) in [4.78, 5) is 18.4. The van der Waals surface area contributed by atoms with Gasteiger partial charge in [-0.05, 0) is 35.7 Å². The summed E-state index contributed by atoms with van der Waals surface area (Å²) < 4.78 is 67.2. The molecule has 0 fully saturated rings. The van der Waals surface area contributed by atoms with Gasteiger partial charge in [-0.15, -0.1) is 0 Å². The topological polar surface area (TPSA) is 100 Å².